The molecular formula is C22H18N4. The van der Waals surface area contributed by atoms with Gasteiger partial charge in [0.1, 0.15) is 5.82 Å². The molecule has 0 radical (unpaired) electrons. The van der Waals surface area contributed by atoms with Crippen LogP contribution in [-0.4, -0.2) is 15.0 Å². The molecule has 2 N–H and O–H groups in total. The van der Waals surface area contributed by atoms with Crippen LogP contribution in [0.4, 0.5) is 5.82 Å². The Morgan fingerprint density at radius 3 is 2.42 bits per heavy atom. The number of fused-ring (bicyclic) bond motifs is 1. The predicted molar refractivity (Wildman–Crippen MR) is 105 cm³/mol. The number of pyridine rings is 1. The molecule has 0 bridgehead atoms. The Hall–Kier alpha value is -3.27. The molecule has 1 aliphatic carbocycles. The van der Waals surface area contributed by atoms with Crippen molar-refractivity contribution in [1.82, 2.24) is 15.0 Å². The number of hydrogen-bond acceptors (Lipinski definition) is 4. The maximum absolute atomic E-state index is 6.25. The largest absolute Gasteiger partial charge is 0.382 e. The molecule has 5 rings (SSSR count). The number of rotatable bonds is 3. The summed E-state index contributed by atoms with van der Waals surface area (Å²) in [6, 6.07) is 20.4. The normalized spacial score (nSPS) is 13.8. The molecule has 2 aromatic heterocycles. The van der Waals surface area contributed by atoms with Crippen molar-refractivity contribution in [3.05, 3.63) is 72.6 Å². The smallest absolute Gasteiger partial charge is 0.146 e. The van der Waals surface area contributed by atoms with Gasteiger partial charge >= 0.3 is 0 Å². The van der Waals surface area contributed by atoms with E-state index < -0.39 is 0 Å². The fourth-order valence-corrected chi connectivity index (χ4v) is 3.34. The van der Waals surface area contributed by atoms with E-state index in [9.17, 15) is 0 Å². The van der Waals surface area contributed by atoms with Gasteiger partial charge in [0.05, 0.1) is 22.6 Å². The number of aromatic nitrogens is 3. The van der Waals surface area contributed by atoms with Gasteiger partial charge in [-0.25, -0.2) is 9.97 Å². The van der Waals surface area contributed by atoms with E-state index in [0.29, 0.717) is 11.7 Å². The van der Waals surface area contributed by atoms with Gasteiger partial charge in [0.2, 0.25) is 0 Å². The van der Waals surface area contributed by atoms with Crippen LogP contribution < -0.4 is 5.73 Å². The fourth-order valence-electron chi connectivity index (χ4n) is 3.34. The molecule has 0 amide bonds. The van der Waals surface area contributed by atoms with E-state index in [4.69, 9.17) is 15.7 Å². The molecule has 4 heteroatoms. The maximum Gasteiger partial charge on any atom is 0.146 e. The van der Waals surface area contributed by atoms with Crippen molar-refractivity contribution in [3.63, 3.8) is 0 Å². The van der Waals surface area contributed by atoms with E-state index in [-0.39, 0.29) is 0 Å². The summed E-state index contributed by atoms with van der Waals surface area (Å²) in [7, 11) is 0. The highest BCUT2D eigenvalue weighted by Gasteiger charge is 2.29. The van der Waals surface area contributed by atoms with Crippen molar-refractivity contribution < 1.29 is 0 Å². The van der Waals surface area contributed by atoms with Crippen molar-refractivity contribution in [1.29, 1.82) is 0 Å². The average Bonchev–Trinajstić information content (AvgIpc) is 3.53. The van der Waals surface area contributed by atoms with Crippen LogP contribution in [0.2, 0.25) is 0 Å². The molecule has 0 unspecified atom stereocenters. The first-order chi connectivity index (χ1) is 12.8. The summed E-state index contributed by atoms with van der Waals surface area (Å²) in [5, 5.41) is 1.09. The average molecular weight is 338 g/mol. The SMILES string of the molecule is Nc1nc(-c2ccccc2)c(-c2ccc3ncccc3c2)nc1C1CC1. The van der Waals surface area contributed by atoms with Crippen molar-refractivity contribution in [2.45, 2.75) is 18.8 Å². The highest BCUT2D eigenvalue weighted by molar-refractivity contribution is 5.87. The van der Waals surface area contributed by atoms with Crippen molar-refractivity contribution >= 4 is 16.7 Å². The molecule has 1 saturated carbocycles. The molecule has 4 aromatic rings. The zero-order valence-electron chi connectivity index (χ0n) is 14.3. The number of anilines is 1. The topological polar surface area (TPSA) is 64.7 Å². The first-order valence-corrected chi connectivity index (χ1v) is 8.87. The molecule has 26 heavy (non-hydrogen) atoms. The van der Waals surface area contributed by atoms with E-state index in [2.05, 4.69) is 23.2 Å². The molecule has 4 nitrogen and oxygen atoms in total. The third-order valence-corrected chi connectivity index (χ3v) is 4.84. The van der Waals surface area contributed by atoms with Gasteiger partial charge in [-0.2, -0.15) is 0 Å². The second-order valence-electron chi connectivity index (χ2n) is 6.74. The van der Waals surface area contributed by atoms with Crippen LogP contribution in [0.1, 0.15) is 24.5 Å². The van der Waals surface area contributed by atoms with Gasteiger partial charge in [0.15, 0.2) is 0 Å². The monoisotopic (exact) mass is 338 g/mol. The third kappa shape index (κ3) is 2.60. The zero-order valence-corrected chi connectivity index (χ0v) is 14.3. The van der Waals surface area contributed by atoms with Crippen LogP contribution in [0.3, 0.4) is 0 Å². The molecule has 2 heterocycles. The zero-order chi connectivity index (χ0) is 17.5. The predicted octanol–water partition coefficient (Wildman–Crippen LogP) is 4.82. The summed E-state index contributed by atoms with van der Waals surface area (Å²) in [5.74, 6) is 1.01. The minimum atomic E-state index is 0.452. The molecule has 0 spiro atoms. The van der Waals surface area contributed by atoms with Gasteiger partial charge in [-0.1, -0.05) is 42.5 Å². The molecular weight excluding hydrogens is 320 g/mol. The van der Waals surface area contributed by atoms with Crippen LogP contribution in [0.25, 0.3) is 33.4 Å². The van der Waals surface area contributed by atoms with Crippen LogP contribution >= 0.6 is 0 Å². The third-order valence-electron chi connectivity index (χ3n) is 4.84. The number of nitrogens with two attached hydrogens (primary N) is 1. The summed E-state index contributed by atoms with van der Waals surface area (Å²) in [6.45, 7) is 0. The van der Waals surface area contributed by atoms with Crippen molar-refractivity contribution in [2.75, 3.05) is 5.73 Å². The quantitative estimate of drug-likeness (QED) is 0.582. The van der Waals surface area contributed by atoms with Crippen LogP contribution in [0, 0.1) is 0 Å². The molecule has 0 aliphatic heterocycles. The minimum absolute atomic E-state index is 0.452. The number of benzene rings is 2. The summed E-state index contributed by atoms with van der Waals surface area (Å²) in [5.41, 5.74) is 11.9. The number of nitrogen functional groups attached to an aromatic ring is 1. The van der Waals surface area contributed by atoms with E-state index in [1.54, 1.807) is 0 Å². The van der Waals surface area contributed by atoms with Crippen molar-refractivity contribution in [3.8, 4) is 22.5 Å². The Kier molecular flexibility index (Phi) is 3.42. The van der Waals surface area contributed by atoms with Gasteiger partial charge < -0.3 is 5.73 Å². The Labute approximate surface area is 151 Å². The first-order valence-electron chi connectivity index (χ1n) is 8.87. The molecule has 1 fully saturated rings. The lowest BCUT2D eigenvalue weighted by atomic mass is 10.0. The number of hydrogen-bond donors (Lipinski definition) is 1. The summed E-state index contributed by atoms with van der Waals surface area (Å²) in [4.78, 5) is 14.2. The lowest BCUT2D eigenvalue weighted by molar-refractivity contribution is 1.00. The Morgan fingerprint density at radius 2 is 1.62 bits per heavy atom. The van der Waals surface area contributed by atoms with E-state index >= 15 is 0 Å². The van der Waals surface area contributed by atoms with Crippen LogP contribution in [0.5, 0.6) is 0 Å². The lowest BCUT2D eigenvalue weighted by Gasteiger charge is -2.13. The Bertz CT molecular complexity index is 1100. The van der Waals surface area contributed by atoms with Crippen LogP contribution in [-0.2, 0) is 0 Å². The highest BCUT2D eigenvalue weighted by Crippen LogP contribution is 2.43. The molecule has 2 aromatic carbocycles. The minimum Gasteiger partial charge on any atom is -0.382 e. The van der Waals surface area contributed by atoms with E-state index in [1.807, 2.05) is 48.7 Å². The van der Waals surface area contributed by atoms with Gasteiger partial charge in [0, 0.05) is 28.6 Å². The Balaban J connectivity index is 1.75. The Morgan fingerprint density at radius 1 is 0.808 bits per heavy atom. The van der Waals surface area contributed by atoms with Crippen molar-refractivity contribution in [2.24, 2.45) is 0 Å². The highest BCUT2D eigenvalue weighted by atomic mass is 14.9. The van der Waals surface area contributed by atoms with Gasteiger partial charge in [-0.15, -0.1) is 0 Å². The molecule has 126 valence electrons. The number of nitrogens with zero attached hydrogens (tertiary/aromatic N) is 3. The summed E-state index contributed by atoms with van der Waals surface area (Å²) in [6.07, 6.45) is 4.10. The van der Waals surface area contributed by atoms with Gasteiger partial charge in [0.25, 0.3) is 0 Å². The second-order valence-corrected chi connectivity index (χ2v) is 6.74. The van der Waals surface area contributed by atoms with Gasteiger partial charge in [-0.3, -0.25) is 4.98 Å². The lowest BCUT2D eigenvalue weighted by Crippen LogP contribution is -2.04. The first kappa shape index (κ1) is 15.0. The standard InChI is InChI=1S/C22H18N4/c23-22-21(15-8-9-15)25-20(19(26-22)14-5-2-1-3-6-14)17-10-11-18-16(13-17)7-4-12-24-18/h1-7,10-13,15H,8-9H2,(H2,23,26). The summed E-state index contributed by atoms with van der Waals surface area (Å²) < 4.78 is 0. The van der Waals surface area contributed by atoms with E-state index in [0.717, 1.165) is 52.0 Å². The maximum atomic E-state index is 6.25. The molecule has 0 atom stereocenters. The molecule has 0 saturated heterocycles. The second kappa shape index (κ2) is 5.92. The van der Waals surface area contributed by atoms with E-state index in [1.165, 1.54) is 0 Å². The fraction of sp³-hybridized carbons (Fsp3) is 0.136. The van der Waals surface area contributed by atoms with Crippen LogP contribution in [0.15, 0.2) is 66.9 Å². The van der Waals surface area contributed by atoms with Gasteiger partial charge in [-0.05, 0) is 31.0 Å². The summed E-state index contributed by atoms with van der Waals surface area (Å²) >= 11 is 0. The molecule has 1 aliphatic rings.